The average molecular weight is 364 g/mol. The number of nitrogens with zero attached hydrogens (tertiary/aromatic N) is 4. The van der Waals surface area contributed by atoms with Gasteiger partial charge in [0.2, 0.25) is 0 Å². The van der Waals surface area contributed by atoms with Crippen molar-refractivity contribution in [3.05, 3.63) is 82.9 Å². The van der Waals surface area contributed by atoms with Crippen LogP contribution in [0.25, 0.3) is 0 Å². The van der Waals surface area contributed by atoms with Crippen LogP contribution in [0.5, 0.6) is 0 Å². The number of hydrogen-bond donors (Lipinski definition) is 0. The van der Waals surface area contributed by atoms with Crippen molar-refractivity contribution in [2.75, 3.05) is 6.54 Å². The van der Waals surface area contributed by atoms with E-state index in [0.717, 1.165) is 44.0 Å². The van der Waals surface area contributed by atoms with Gasteiger partial charge in [0.05, 0.1) is 0 Å². The zero-order chi connectivity index (χ0) is 18.8. The summed E-state index contributed by atoms with van der Waals surface area (Å²) in [5, 5.41) is 0. The standard InChI is InChI=1S/C22H25FN4/c1-16(2)22-24-12-18-14-26(11-9-21(18)25-22)15-20-4-3-10-27(20)13-17-5-7-19(23)8-6-17/h3-8,10,12,16H,9,11,13-15H2,1-2H3. The second-order valence-corrected chi connectivity index (χ2v) is 7.57. The van der Waals surface area contributed by atoms with E-state index in [1.54, 1.807) is 0 Å². The number of rotatable bonds is 5. The number of hydrogen-bond acceptors (Lipinski definition) is 3. The summed E-state index contributed by atoms with van der Waals surface area (Å²) in [4.78, 5) is 11.7. The van der Waals surface area contributed by atoms with Crippen molar-refractivity contribution in [3.63, 3.8) is 0 Å². The van der Waals surface area contributed by atoms with Crippen LogP contribution >= 0.6 is 0 Å². The summed E-state index contributed by atoms with van der Waals surface area (Å²) in [6.45, 7) is 7.80. The maximum atomic E-state index is 13.1. The molecule has 1 aliphatic heterocycles. The molecule has 0 spiro atoms. The van der Waals surface area contributed by atoms with Crippen molar-refractivity contribution in [1.29, 1.82) is 0 Å². The fraction of sp³-hybridized carbons (Fsp3) is 0.364. The Morgan fingerprint density at radius 1 is 1.11 bits per heavy atom. The third-order valence-electron chi connectivity index (χ3n) is 5.12. The van der Waals surface area contributed by atoms with Gasteiger partial charge >= 0.3 is 0 Å². The minimum atomic E-state index is -0.193. The summed E-state index contributed by atoms with van der Waals surface area (Å²) in [6.07, 6.45) is 5.06. The highest BCUT2D eigenvalue weighted by Crippen LogP contribution is 2.21. The van der Waals surface area contributed by atoms with Crippen molar-refractivity contribution >= 4 is 0 Å². The van der Waals surface area contributed by atoms with Crippen molar-refractivity contribution < 1.29 is 4.39 Å². The first-order valence-electron chi connectivity index (χ1n) is 9.54. The van der Waals surface area contributed by atoms with E-state index in [0.29, 0.717) is 5.92 Å². The fourth-order valence-electron chi connectivity index (χ4n) is 3.57. The summed E-state index contributed by atoms with van der Waals surface area (Å²) in [6, 6.07) is 11.0. The molecule has 0 N–H and O–H groups in total. The molecule has 2 aromatic heterocycles. The Morgan fingerprint density at radius 3 is 2.70 bits per heavy atom. The second kappa shape index (κ2) is 7.61. The maximum absolute atomic E-state index is 13.1. The molecule has 0 aliphatic carbocycles. The van der Waals surface area contributed by atoms with Gasteiger partial charge < -0.3 is 4.57 Å². The van der Waals surface area contributed by atoms with Crippen molar-refractivity contribution in [2.24, 2.45) is 0 Å². The molecule has 0 saturated heterocycles. The Morgan fingerprint density at radius 2 is 1.93 bits per heavy atom. The quantitative estimate of drug-likeness (QED) is 0.682. The minimum absolute atomic E-state index is 0.193. The van der Waals surface area contributed by atoms with E-state index < -0.39 is 0 Å². The Hall–Kier alpha value is -2.53. The Labute approximate surface area is 159 Å². The number of benzene rings is 1. The van der Waals surface area contributed by atoms with Gasteiger partial charge in [-0.05, 0) is 29.8 Å². The molecular weight excluding hydrogens is 339 g/mol. The molecule has 0 radical (unpaired) electrons. The predicted octanol–water partition coefficient (Wildman–Crippen LogP) is 4.15. The van der Waals surface area contributed by atoms with Crippen LogP contribution in [-0.4, -0.2) is 26.0 Å². The molecule has 140 valence electrons. The molecule has 5 heteroatoms. The molecule has 0 amide bonds. The van der Waals surface area contributed by atoms with Gasteiger partial charge in [-0.3, -0.25) is 4.90 Å². The SMILES string of the molecule is CC(C)c1ncc2c(n1)CCN(Cc1cccn1Cc1ccc(F)cc1)C2. The highest BCUT2D eigenvalue weighted by molar-refractivity contribution is 5.22. The largest absolute Gasteiger partial charge is 0.346 e. The van der Waals surface area contributed by atoms with E-state index in [-0.39, 0.29) is 5.82 Å². The molecule has 0 atom stereocenters. The van der Waals surface area contributed by atoms with Gasteiger partial charge in [-0.15, -0.1) is 0 Å². The molecule has 4 nitrogen and oxygen atoms in total. The van der Waals surface area contributed by atoms with Gasteiger partial charge in [-0.1, -0.05) is 26.0 Å². The molecule has 0 bridgehead atoms. The molecule has 3 heterocycles. The molecule has 0 unspecified atom stereocenters. The van der Waals surface area contributed by atoms with Gasteiger partial charge in [0.1, 0.15) is 11.6 Å². The number of aromatic nitrogens is 3. The van der Waals surface area contributed by atoms with Gasteiger partial charge in [0.25, 0.3) is 0 Å². The zero-order valence-corrected chi connectivity index (χ0v) is 15.9. The van der Waals surface area contributed by atoms with E-state index in [2.05, 4.69) is 46.6 Å². The van der Waals surface area contributed by atoms with E-state index >= 15 is 0 Å². The van der Waals surface area contributed by atoms with E-state index in [4.69, 9.17) is 4.98 Å². The van der Waals surface area contributed by atoms with E-state index in [1.165, 1.54) is 29.1 Å². The first-order valence-corrected chi connectivity index (χ1v) is 9.54. The lowest BCUT2D eigenvalue weighted by Gasteiger charge is -2.28. The van der Waals surface area contributed by atoms with Crippen LogP contribution in [0.4, 0.5) is 4.39 Å². The van der Waals surface area contributed by atoms with Crippen LogP contribution < -0.4 is 0 Å². The van der Waals surface area contributed by atoms with E-state index in [9.17, 15) is 4.39 Å². The molecule has 3 aromatic rings. The van der Waals surface area contributed by atoms with Gasteiger partial charge in [0, 0.05) is 67.9 Å². The Balaban J connectivity index is 1.45. The first kappa shape index (κ1) is 17.9. The van der Waals surface area contributed by atoms with Crippen LogP contribution in [0.3, 0.4) is 0 Å². The minimum Gasteiger partial charge on any atom is -0.346 e. The van der Waals surface area contributed by atoms with E-state index in [1.807, 2.05) is 18.3 Å². The highest BCUT2D eigenvalue weighted by Gasteiger charge is 2.20. The maximum Gasteiger partial charge on any atom is 0.131 e. The molecule has 0 saturated carbocycles. The average Bonchev–Trinajstić information content (AvgIpc) is 3.09. The zero-order valence-electron chi connectivity index (χ0n) is 15.9. The van der Waals surface area contributed by atoms with Crippen LogP contribution in [0.15, 0.2) is 48.8 Å². The third kappa shape index (κ3) is 4.08. The highest BCUT2D eigenvalue weighted by atomic mass is 19.1. The lowest BCUT2D eigenvalue weighted by molar-refractivity contribution is 0.237. The summed E-state index contributed by atoms with van der Waals surface area (Å²) in [7, 11) is 0. The summed E-state index contributed by atoms with van der Waals surface area (Å²) in [5.41, 5.74) is 4.81. The second-order valence-electron chi connectivity index (χ2n) is 7.57. The third-order valence-corrected chi connectivity index (χ3v) is 5.12. The van der Waals surface area contributed by atoms with Crippen LogP contribution in [0.2, 0.25) is 0 Å². The van der Waals surface area contributed by atoms with Gasteiger partial charge in [-0.25, -0.2) is 14.4 Å². The molecule has 1 aromatic carbocycles. The normalized spacial score (nSPS) is 14.5. The molecular formula is C22H25FN4. The van der Waals surface area contributed by atoms with Crippen molar-refractivity contribution in [3.8, 4) is 0 Å². The lowest BCUT2D eigenvalue weighted by Crippen LogP contribution is -2.32. The topological polar surface area (TPSA) is 34.0 Å². The van der Waals surface area contributed by atoms with Gasteiger partial charge in [-0.2, -0.15) is 0 Å². The lowest BCUT2D eigenvalue weighted by atomic mass is 10.1. The molecule has 4 rings (SSSR count). The summed E-state index contributed by atoms with van der Waals surface area (Å²) < 4.78 is 15.4. The Kier molecular flexibility index (Phi) is 5.03. The Bertz CT molecular complexity index is 914. The first-order chi connectivity index (χ1) is 13.1. The van der Waals surface area contributed by atoms with Crippen molar-refractivity contribution in [1.82, 2.24) is 19.4 Å². The summed E-state index contributed by atoms with van der Waals surface area (Å²) in [5.74, 6) is 1.11. The number of fused-ring (bicyclic) bond motifs is 1. The number of halogens is 1. The van der Waals surface area contributed by atoms with Crippen LogP contribution in [0.1, 0.15) is 48.1 Å². The monoisotopic (exact) mass is 364 g/mol. The molecule has 27 heavy (non-hydrogen) atoms. The molecule has 1 aliphatic rings. The summed E-state index contributed by atoms with van der Waals surface area (Å²) >= 11 is 0. The fourth-order valence-corrected chi connectivity index (χ4v) is 3.57. The van der Waals surface area contributed by atoms with Gasteiger partial charge in [0.15, 0.2) is 0 Å². The van der Waals surface area contributed by atoms with Crippen LogP contribution in [0, 0.1) is 5.82 Å². The van der Waals surface area contributed by atoms with Crippen molar-refractivity contribution in [2.45, 2.75) is 45.8 Å². The van der Waals surface area contributed by atoms with Crippen LogP contribution in [-0.2, 0) is 26.1 Å². The molecule has 0 fully saturated rings. The smallest absolute Gasteiger partial charge is 0.131 e. The predicted molar refractivity (Wildman–Crippen MR) is 104 cm³/mol.